The summed E-state index contributed by atoms with van der Waals surface area (Å²) in [6, 6.07) is 16.1. The molecule has 0 bridgehead atoms. The Morgan fingerprint density at radius 3 is 1.70 bits per heavy atom. The monoisotopic (exact) mass is 442 g/mol. The lowest BCUT2D eigenvalue weighted by atomic mass is 10.0. The molecule has 140 valence electrons. The van der Waals surface area contributed by atoms with E-state index in [2.05, 4.69) is 15.9 Å². The van der Waals surface area contributed by atoms with Crippen LogP contribution in [0.15, 0.2) is 77.3 Å². The van der Waals surface area contributed by atoms with Gasteiger partial charge < -0.3 is 4.74 Å². The van der Waals surface area contributed by atoms with Gasteiger partial charge in [-0.2, -0.15) is 22.0 Å². The fourth-order valence-corrected chi connectivity index (χ4v) is 2.98. The molecule has 0 aliphatic carbocycles. The van der Waals surface area contributed by atoms with Crippen molar-refractivity contribution in [1.82, 2.24) is 0 Å². The summed E-state index contributed by atoms with van der Waals surface area (Å²) in [5.74, 6) is -0.0635. The zero-order valence-electron chi connectivity index (χ0n) is 13.6. The van der Waals surface area contributed by atoms with Gasteiger partial charge in [-0.25, -0.2) is 0 Å². The number of alkyl halides is 5. The molecular formula is C20H12BrF5O. The van der Waals surface area contributed by atoms with Crippen LogP contribution in [0, 0.1) is 0 Å². The van der Waals surface area contributed by atoms with E-state index in [9.17, 15) is 22.0 Å². The molecule has 0 fully saturated rings. The Morgan fingerprint density at radius 1 is 0.667 bits per heavy atom. The number of ether oxygens (including phenoxy) is 1. The summed E-state index contributed by atoms with van der Waals surface area (Å²) in [4.78, 5) is 0. The van der Waals surface area contributed by atoms with Gasteiger partial charge >= 0.3 is 12.3 Å². The van der Waals surface area contributed by atoms with Gasteiger partial charge in [-0.3, -0.25) is 0 Å². The molecule has 7 heteroatoms. The molecule has 3 aromatic carbocycles. The van der Waals surface area contributed by atoms with Crippen molar-refractivity contribution in [2.45, 2.75) is 12.3 Å². The first-order valence-electron chi connectivity index (χ1n) is 7.76. The summed E-state index contributed by atoms with van der Waals surface area (Å²) < 4.78 is 71.5. The Bertz CT molecular complexity index is 918. The van der Waals surface area contributed by atoms with Crippen molar-refractivity contribution < 1.29 is 26.7 Å². The summed E-state index contributed by atoms with van der Waals surface area (Å²) >= 11 is 3.07. The Hall–Kier alpha value is -2.41. The minimum absolute atomic E-state index is 0.0635. The molecule has 0 aliphatic rings. The second-order valence-electron chi connectivity index (χ2n) is 5.70. The third-order valence-corrected chi connectivity index (χ3v) is 4.52. The number of rotatable bonds is 4. The molecular weight excluding hydrogens is 431 g/mol. The second kappa shape index (κ2) is 7.31. The summed E-state index contributed by atoms with van der Waals surface area (Å²) in [6.45, 7) is 0. The van der Waals surface area contributed by atoms with Crippen LogP contribution >= 0.6 is 15.9 Å². The number of hydrogen-bond acceptors (Lipinski definition) is 1. The molecule has 0 atom stereocenters. The first kappa shape index (κ1) is 19.4. The minimum atomic E-state index is -4.41. The van der Waals surface area contributed by atoms with E-state index in [1.54, 1.807) is 6.07 Å². The first-order valence-corrected chi connectivity index (χ1v) is 8.56. The van der Waals surface area contributed by atoms with Crippen molar-refractivity contribution in [3.63, 3.8) is 0 Å². The van der Waals surface area contributed by atoms with Gasteiger partial charge in [-0.1, -0.05) is 52.3 Å². The molecule has 0 saturated heterocycles. The molecule has 0 aliphatic heterocycles. The zero-order chi connectivity index (χ0) is 19.7. The molecule has 0 amide bonds. The molecule has 27 heavy (non-hydrogen) atoms. The molecule has 0 radical (unpaired) electrons. The second-order valence-corrected chi connectivity index (χ2v) is 6.55. The van der Waals surface area contributed by atoms with Gasteiger partial charge in [0.1, 0.15) is 5.75 Å². The highest BCUT2D eigenvalue weighted by Crippen LogP contribution is 2.36. The normalized spacial score (nSPS) is 12.1. The lowest BCUT2D eigenvalue weighted by Gasteiger charge is -2.19. The quantitative estimate of drug-likeness (QED) is 0.386. The Kier molecular flexibility index (Phi) is 5.24. The average molecular weight is 443 g/mol. The van der Waals surface area contributed by atoms with Gasteiger partial charge in [0.05, 0.1) is 11.1 Å². The van der Waals surface area contributed by atoms with Crippen LogP contribution in [0.25, 0.3) is 11.1 Å². The molecule has 0 saturated carbocycles. The molecule has 3 rings (SSSR count). The van der Waals surface area contributed by atoms with Crippen molar-refractivity contribution in [3.8, 4) is 16.9 Å². The van der Waals surface area contributed by atoms with Crippen molar-refractivity contribution in [1.29, 1.82) is 0 Å². The highest BCUT2D eigenvalue weighted by molar-refractivity contribution is 9.10. The zero-order valence-corrected chi connectivity index (χ0v) is 15.2. The molecule has 1 nitrogen and oxygen atoms in total. The van der Waals surface area contributed by atoms with E-state index < -0.39 is 17.8 Å². The highest BCUT2D eigenvalue weighted by Gasteiger charge is 2.36. The summed E-state index contributed by atoms with van der Waals surface area (Å²) in [5.41, 5.74) is 0.0588. The molecule has 0 unspecified atom stereocenters. The SMILES string of the molecule is FC(F)(F)c1ccc(-c2ccc(OC(F)(F)c3ccccc3Br)cc2)cc1. The van der Waals surface area contributed by atoms with Crippen molar-refractivity contribution >= 4 is 15.9 Å². The van der Waals surface area contributed by atoms with E-state index in [-0.39, 0.29) is 15.8 Å². The van der Waals surface area contributed by atoms with E-state index >= 15 is 0 Å². The summed E-state index contributed by atoms with van der Waals surface area (Å²) in [5, 5.41) is 0. The van der Waals surface area contributed by atoms with Gasteiger partial charge in [0.15, 0.2) is 0 Å². The van der Waals surface area contributed by atoms with E-state index in [1.807, 2.05) is 0 Å². The van der Waals surface area contributed by atoms with Gasteiger partial charge in [-0.15, -0.1) is 0 Å². The van der Waals surface area contributed by atoms with Crippen LogP contribution in [0.4, 0.5) is 22.0 Å². The molecule has 3 aromatic rings. The van der Waals surface area contributed by atoms with Gasteiger partial charge in [0.2, 0.25) is 0 Å². The van der Waals surface area contributed by atoms with Crippen LogP contribution in [0.3, 0.4) is 0 Å². The van der Waals surface area contributed by atoms with E-state index in [0.29, 0.717) is 11.1 Å². The van der Waals surface area contributed by atoms with Crippen LogP contribution in [0.5, 0.6) is 5.75 Å². The number of halogens is 6. The number of hydrogen-bond donors (Lipinski definition) is 0. The Balaban J connectivity index is 1.78. The lowest BCUT2D eigenvalue weighted by molar-refractivity contribution is -0.186. The van der Waals surface area contributed by atoms with Crippen LogP contribution in [-0.2, 0) is 12.3 Å². The highest BCUT2D eigenvalue weighted by atomic mass is 79.9. The van der Waals surface area contributed by atoms with Crippen LogP contribution < -0.4 is 4.74 Å². The molecule has 0 aromatic heterocycles. The summed E-state index contributed by atoms with van der Waals surface area (Å²) in [6.07, 6.45) is -7.95. The fraction of sp³-hybridized carbons (Fsp3) is 0.100. The van der Waals surface area contributed by atoms with E-state index in [0.717, 1.165) is 12.1 Å². The first-order chi connectivity index (χ1) is 12.7. The average Bonchev–Trinajstić information content (AvgIpc) is 2.62. The topological polar surface area (TPSA) is 9.23 Å². The van der Waals surface area contributed by atoms with Gasteiger partial charge in [0.25, 0.3) is 0 Å². The minimum Gasteiger partial charge on any atom is -0.429 e. The smallest absolute Gasteiger partial charge is 0.427 e. The van der Waals surface area contributed by atoms with Gasteiger partial charge in [0, 0.05) is 4.47 Å². The Morgan fingerprint density at radius 2 is 1.19 bits per heavy atom. The third kappa shape index (κ3) is 4.47. The van der Waals surface area contributed by atoms with Crippen molar-refractivity contribution in [3.05, 3.63) is 88.4 Å². The summed E-state index contributed by atoms with van der Waals surface area (Å²) in [7, 11) is 0. The maximum atomic E-state index is 14.3. The molecule has 0 heterocycles. The Labute approximate surface area is 160 Å². The maximum Gasteiger partial charge on any atom is 0.427 e. The van der Waals surface area contributed by atoms with Gasteiger partial charge in [-0.05, 0) is 47.5 Å². The van der Waals surface area contributed by atoms with Crippen LogP contribution in [0.1, 0.15) is 11.1 Å². The predicted octanol–water partition coefficient (Wildman–Crippen LogP) is 7.26. The third-order valence-electron chi connectivity index (χ3n) is 3.83. The predicted molar refractivity (Wildman–Crippen MR) is 95.5 cm³/mol. The van der Waals surface area contributed by atoms with E-state index in [4.69, 9.17) is 4.74 Å². The largest absolute Gasteiger partial charge is 0.429 e. The molecule has 0 N–H and O–H groups in total. The lowest BCUT2D eigenvalue weighted by Crippen LogP contribution is -2.22. The van der Waals surface area contributed by atoms with Crippen molar-refractivity contribution in [2.24, 2.45) is 0 Å². The van der Waals surface area contributed by atoms with Crippen LogP contribution in [-0.4, -0.2) is 0 Å². The standard InChI is InChI=1S/C20H12BrF5O/c21-18-4-2-1-3-17(18)20(25,26)27-16-11-7-14(8-12-16)13-5-9-15(10-6-13)19(22,23)24/h1-12H. The molecule has 0 spiro atoms. The fourth-order valence-electron chi connectivity index (χ4n) is 2.47. The number of benzene rings is 3. The maximum absolute atomic E-state index is 14.3. The van der Waals surface area contributed by atoms with Crippen molar-refractivity contribution in [2.75, 3.05) is 0 Å². The van der Waals surface area contributed by atoms with Crippen LogP contribution in [0.2, 0.25) is 0 Å². The van der Waals surface area contributed by atoms with E-state index in [1.165, 1.54) is 54.6 Å².